The van der Waals surface area contributed by atoms with Gasteiger partial charge in [-0.1, -0.05) is 31.1 Å². The van der Waals surface area contributed by atoms with Crippen LogP contribution in [0.3, 0.4) is 0 Å². The number of hydrogen-bond donors (Lipinski definition) is 1. The summed E-state index contributed by atoms with van der Waals surface area (Å²) in [4.78, 5) is 0. The van der Waals surface area contributed by atoms with Crippen LogP contribution in [0, 0.1) is 10.8 Å². The first kappa shape index (κ1) is 9.65. The number of rotatable bonds is 1. The summed E-state index contributed by atoms with van der Waals surface area (Å²) < 4.78 is 0. The van der Waals surface area contributed by atoms with Gasteiger partial charge in [0.1, 0.15) is 0 Å². The quantitative estimate of drug-likeness (QED) is 0.650. The van der Waals surface area contributed by atoms with Gasteiger partial charge in [-0.2, -0.15) is 0 Å². The Morgan fingerprint density at radius 3 is 2.67 bits per heavy atom. The molecule has 2 fully saturated rings. The molecular formula is C14H20O. The summed E-state index contributed by atoms with van der Waals surface area (Å²) in [5.74, 6) is 0. The van der Waals surface area contributed by atoms with E-state index < -0.39 is 5.60 Å². The molecule has 0 aromatic heterocycles. The van der Waals surface area contributed by atoms with E-state index in [0.717, 1.165) is 12.8 Å². The van der Waals surface area contributed by atoms with Crippen LogP contribution in [0.5, 0.6) is 0 Å². The number of hydrogen-bond acceptors (Lipinski definition) is 1. The molecule has 1 N–H and O–H groups in total. The highest BCUT2D eigenvalue weighted by Gasteiger charge is 2.71. The number of allylic oxidation sites excluding steroid dienone is 2. The van der Waals surface area contributed by atoms with Gasteiger partial charge in [0.25, 0.3) is 0 Å². The van der Waals surface area contributed by atoms with Crippen molar-refractivity contribution in [2.24, 2.45) is 10.8 Å². The summed E-state index contributed by atoms with van der Waals surface area (Å²) in [5.41, 5.74) is -0.00410. The van der Waals surface area contributed by atoms with Crippen LogP contribution in [0.15, 0.2) is 24.8 Å². The van der Waals surface area contributed by atoms with Crippen LogP contribution >= 0.6 is 0 Å². The maximum atomic E-state index is 10.6. The summed E-state index contributed by atoms with van der Waals surface area (Å²) in [6.45, 7) is 3.85. The summed E-state index contributed by atoms with van der Waals surface area (Å²) in [6.07, 6.45) is 14.8. The fraction of sp³-hybridized carbons (Fsp3) is 0.714. The van der Waals surface area contributed by atoms with Crippen molar-refractivity contribution in [3.05, 3.63) is 24.8 Å². The summed E-state index contributed by atoms with van der Waals surface area (Å²) in [7, 11) is 0. The predicted octanol–water partition coefficient (Wildman–Crippen LogP) is 3.20. The molecule has 15 heavy (non-hydrogen) atoms. The van der Waals surface area contributed by atoms with E-state index in [-0.39, 0.29) is 5.41 Å². The standard InChI is InChI=1S/C14H20O/c1-2-14(15)11-12-7-3-5-9-13(12,14)10-6-4-8-12/h2-3,5,15H,1,4,6-11H2/t12-,13-,14+/m1/s1. The average molecular weight is 204 g/mol. The topological polar surface area (TPSA) is 20.2 Å². The third kappa shape index (κ3) is 0.891. The lowest BCUT2D eigenvalue weighted by Crippen LogP contribution is -2.70. The summed E-state index contributed by atoms with van der Waals surface area (Å²) in [5, 5.41) is 10.6. The smallest absolute Gasteiger partial charge is 0.0895 e. The minimum Gasteiger partial charge on any atom is -0.385 e. The van der Waals surface area contributed by atoms with Crippen molar-refractivity contribution < 1.29 is 5.11 Å². The Bertz CT molecular complexity index is 332. The lowest BCUT2D eigenvalue weighted by Gasteiger charge is -2.72. The third-order valence-electron chi connectivity index (χ3n) is 5.44. The molecule has 0 aliphatic heterocycles. The van der Waals surface area contributed by atoms with Gasteiger partial charge in [-0.25, -0.2) is 0 Å². The minimum absolute atomic E-state index is 0.148. The first-order valence-electron chi connectivity index (χ1n) is 6.19. The van der Waals surface area contributed by atoms with Gasteiger partial charge < -0.3 is 5.11 Å². The highest BCUT2D eigenvalue weighted by molar-refractivity contribution is 5.31. The fourth-order valence-electron chi connectivity index (χ4n) is 4.63. The molecule has 0 heterocycles. The van der Waals surface area contributed by atoms with Crippen LogP contribution in [-0.4, -0.2) is 10.7 Å². The van der Waals surface area contributed by atoms with Crippen LogP contribution in [0.4, 0.5) is 0 Å². The first-order valence-corrected chi connectivity index (χ1v) is 6.19. The molecule has 3 rings (SSSR count). The molecule has 82 valence electrons. The van der Waals surface area contributed by atoms with Crippen molar-refractivity contribution in [3.8, 4) is 0 Å². The maximum absolute atomic E-state index is 10.6. The summed E-state index contributed by atoms with van der Waals surface area (Å²) in [6, 6.07) is 0. The molecular weight excluding hydrogens is 184 g/mol. The largest absolute Gasteiger partial charge is 0.385 e. The second-order valence-corrected chi connectivity index (χ2v) is 5.75. The van der Waals surface area contributed by atoms with Gasteiger partial charge in [0, 0.05) is 5.41 Å². The lowest BCUT2D eigenvalue weighted by molar-refractivity contribution is -0.261. The van der Waals surface area contributed by atoms with Crippen molar-refractivity contribution in [1.82, 2.24) is 0 Å². The molecule has 1 heteroatoms. The molecule has 1 nitrogen and oxygen atoms in total. The Balaban J connectivity index is 2.06. The van der Waals surface area contributed by atoms with E-state index in [1.807, 2.05) is 6.08 Å². The second-order valence-electron chi connectivity index (χ2n) is 5.75. The van der Waals surface area contributed by atoms with Crippen molar-refractivity contribution >= 4 is 0 Å². The van der Waals surface area contributed by atoms with E-state index >= 15 is 0 Å². The Kier molecular flexibility index (Phi) is 1.78. The molecule has 3 aliphatic carbocycles. The van der Waals surface area contributed by atoms with Gasteiger partial charge in [0.2, 0.25) is 0 Å². The van der Waals surface area contributed by atoms with Crippen LogP contribution in [0.25, 0.3) is 0 Å². The molecule has 3 atom stereocenters. The molecule has 0 radical (unpaired) electrons. The third-order valence-corrected chi connectivity index (χ3v) is 5.44. The Labute approximate surface area is 91.9 Å². The lowest BCUT2D eigenvalue weighted by atomic mass is 9.34. The molecule has 0 aromatic carbocycles. The molecule has 2 saturated carbocycles. The van der Waals surface area contributed by atoms with Gasteiger partial charge >= 0.3 is 0 Å². The average Bonchev–Trinajstić information content (AvgIpc) is 2.26. The van der Waals surface area contributed by atoms with Gasteiger partial charge in [-0.05, 0) is 37.5 Å². The van der Waals surface area contributed by atoms with E-state index in [1.165, 1.54) is 32.1 Å². The number of aliphatic hydroxyl groups is 1. The fourth-order valence-corrected chi connectivity index (χ4v) is 4.63. The van der Waals surface area contributed by atoms with E-state index in [9.17, 15) is 5.11 Å². The van der Waals surface area contributed by atoms with Gasteiger partial charge in [0.15, 0.2) is 0 Å². The predicted molar refractivity (Wildman–Crippen MR) is 61.5 cm³/mol. The van der Waals surface area contributed by atoms with Crippen LogP contribution in [0.2, 0.25) is 0 Å². The zero-order valence-electron chi connectivity index (χ0n) is 9.34. The molecule has 3 aliphatic rings. The molecule has 0 spiro atoms. The Morgan fingerprint density at radius 2 is 1.87 bits per heavy atom. The van der Waals surface area contributed by atoms with E-state index in [4.69, 9.17) is 0 Å². The van der Waals surface area contributed by atoms with Gasteiger partial charge in [-0.15, -0.1) is 6.58 Å². The SMILES string of the molecule is C=C[C@]1(O)C[C@]23CC=CC[C@@]21CCCC3. The molecule has 0 unspecified atom stereocenters. The Hall–Kier alpha value is -0.560. The van der Waals surface area contributed by atoms with Gasteiger partial charge in [-0.3, -0.25) is 0 Å². The van der Waals surface area contributed by atoms with E-state index in [0.29, 0.717) is 5.41 Å². The highest BCUT2D eigenvalue weighted by atomic mass is 16.3. The normalized spacial score (nSPS) is 52.6. The first-order chi connectivity index (χ1) is 7.18. The monoisotopic (exact) mass is 204 g/mol. The van der Waals surface area contributed by atoms with Crippen molar-refractivity contribution in [2.75, 3.05) is 0 Å². The van der Waals surface area contributed by atoms with E-state index in [2.05, 4.69) is 18.7 Å². The van der Waals surface area contributed by atoms with E-state index in [1.54, 1.807) is 0 Å². The van der Waals surface area contributed by atoms with Crippen molar-refractivity contribution in [2.45, 2.75) is 50.5 Å². The highest BCUT2D eigenvalue weighted by Crippen LogP contribution is 2.74. The molecule has 0 amide bonds. The molecule has 0 aromatic rings. The Morgan fingerprint density at radius 1 is 1.13 bits per heavy atom. The van der Waals surface area contributed by atoms with Crippen molar-refractivity contribution in [1.29, 1.82) is 0 Å². The second kappa shape index (κ2) is 2.76. The molecule has 0 saturated heterocycles. The maximum Gasteiger partial charge on any atom is 0.0895 e. The minimum atomic E-state index is -0.571. The summed E-state index contributed by atoms with van der Waals surface area (Å²) >= 11 is 0. The van der Waals surface area contributed by atoms with Crippen molar-refractivity contribution in [3.63, 3.8) is 0 Å². The van der Waals surface area contributed by atoms with Crippen LogP contribution in [0.1, 0.15) is 44.9 Å². The zero-order chi connectivity index (χ0) is 10.6. The zero-order valence-corrected chi connectivity index (χ0v) is 9.34. The van der Waals surface area contributed by atoms with Crippen LogP contribution < -0.4 is 0 Å². The van der Waals surface area contributed by atoms with Gasteiger partial charge in [0.05, 0.1) is 5.60 Å². The van der Waals surface area contributed by atoms with Crippen LogP contribution in [-0.2, 0) is 0 Å². The molecule has 0 bridgehead atoms.